The summed E-state index contributed by atoms with van der Waals surface area (Å²) in [6, 6.07) is -0.452. The Morgan fingerprint density at radius 2 is 2.09 bits per heavy atom. The third-order valence-electron chi connectivity index (χ3n) is 4.52. The van der Waals surface area contributed by atoms with E-state index in [1.165, 1.54) is 0 Å². The quantitative estimate of drug-likeness (QED) is 0.556. The number of nitrogens with zero attached hydrogens (tertiary/aromatic N) is 1. The minimum atomic E-state index is -0.778. The molecule has 1 saturated heterocycles. The molecule has 0 radical (unpaired) electrons. The smallest absolute Gasteiger partial charge is 0.325 e. The molecule has 2 rings (SSSR count). The van der Waals surface area contributed by atoms with Crippen molar-refractivity contribution in [3.8, 4) is 0 Å². The summed E-state index contributed by atoms with van der Waals surface area (Å²) in [5.41, 5.74) is -0.778. The topological polar surface area (TPSA) is 87.7 Å². The molecular formula is C15H25N3O4. The number of methoxy groups -OCH3 is 1. The number of imide groups is 1. The van der Waals surface area contributed by atoms with Crippen LogP contribution < -0.4 is 10.6 Å². The number of urea groups is 1. The van der Waals surface area contributed by atoms with Crippen molar-refractivity contribution in [1.82, 2.24) is 15.5 Å². The highest BCUT2D eigenvalue weighted by Crippen LogP contribution is 2.36. The van der Waals surface area contributed by atoms with Gasteiger partial charge >= 0.3 is 6.03 Å². The average molecular weight is 311 g/mol. The summed E-state index contributed by atoms with van der Waals surface area (Å²) < 4.78 is 4.90. The molecule has 124 valence electrons. The van der Waals surface area contributed by atoms with Crippen LogP contribution in [0.1, 0.15) is 39.0 Å². The van der Waals surface area contributed by atoms with Gasteiger partial charge < -0.3 is 15.4 Å². The van der Waals surface area contributed by atoms with Crippen molar-refractivity contribution in [3.63, 3.8) is 0 Å². The van der Waals surface area contributed by atoms with Gasteiger partial charge in [0.05, 0.1) is 0 Å². The van der Waals surface area contributed by atoms with E-state index in [0.717, 1.165) is 17.7 Å². The van der Waals surface area contributed by atoms with Crippen molar-refractivity contribution in [1.29, 1.82) is 0 Å². The predicted molar refractivity (Wildman–Crippen MR) is 80.1 cm³/mol. The van der Waals surface area contributed by atoms with Crippen LogP contribution >= 0.6 is 0 Å². The fourth-order valence-corrected chi connectivity index (χ4v) is 3.06. The van der Waals surface area contributed by atoms with Crippen molar-refractivity contribution < 1.29 is 19.1 Å². The summed E-state index contributed by atoms with van der Waals surface area (Å²) >= 11 is 0. The Hall–Kier alpha value is -1.63. The maximum atomic E-state index is 12.6. The Balaban J connectivity index is 1.88. The summed E-state index contributed by atoms with van der Waals surface area (Å²) in [5.74, 6) is 0.00531. The molecule has 2 aliphatic rings. The molecule has 1 heterocycles. The molecule has 0 atom stereocenters. The highest BCUT2D eigenvalue weighted by Gasteiger charge is 2.52. The van der Waals surface area contributed by atoms with Crippen molar-refractivity contribution in [3.05, 3.63) is 0 Å². The lowest BCUT2D eigenvalue weighted by Crippen LogP contribution is -2.49. The van der Waals surface area contributed by atoms with Gasteiger partial charge in [0.15, 0.2) is 0 Å². The summed E-state index contributed by atoms with van der Waals surface area (Å²) in [4.78, 5) is 37.5. The second-order valence-electron chi connectivity index (χ2n) is 6.28. The molecule has 7 nitrogen and oxygen atoms in total. The van der Waals surface area contributed by atoms with E-state index in [9.17, 15) is 14.4 Å². The molecule has 0 unspecified atom stereocenters. The van der Waals surface area contributed by atoms with Gasteiger partial charge in [0, 0.05) is 20.3 Å². The number of carbonyl (C=O) groups is 3. The molecule has 4 amide bonds. The summed E-state index contributed by atoms with van der Waals surface area (Å²) in [7, 11) is 1.60. The van der Waals surface area contributed by atoms with E-state index in [1.807, 2.05) is 0 Å². The first kappa shape index (κ1) is 16.7. The first-order valence-electron chi connectivity index (χ1n) is 7.88. The number of hydrogen-bond acceptors (Lipinski definition) is 4. The first-order chi connectivity index (χ1) is 10.5. The SMILES string of the molecule is COCCCNC(=O)CN1C(=O)NC2(CCC(C)CC2)C1=O. The van der Waals surface area contributed by atoms with Crippen LogP contribution in [0.3, 0.4) is 0 Å². The zero-order valence-electron chi connectivity index (χ0n) is 13.3. The Labute approximate surface area is 130 Å². The van der Waals surface area contributed by atoms with Crippen molar-refractivity contribution in [2.75, 3.05) is 26.8 Å². The second kappa shape index (κ2) is 7.09. The first-order valence-corrected chi connectivity index (χ1v) is 7.88. The van der Waals surface area contributed by atoms with E-state index in [2.05, 4.69) is 17.6 Å². The van der Waals surface area contributed by atoms with Crippen LogP contribution in [0.15, 0.2) is 0 Å². The molecule has 0 bridgehead atoms. The fraction of sp³-hybridized carbons (Fsp3) is 0.800. The van der Waals surface area contributed by atoms with Gasteiger partial charge in [-0.05, 0) is 38.0 Å². The lowest BCUT2D eigenvalue weighted by atomic mass is 9.77. The zero-order chi connectivity index (χ0) is 16.2. The largest absolute Gasteiger partial charge is 0.385 e. The number of amides is 4. The average Bonchev–Trinajstić information content (AvgIpc) is 2.72. The number of ether oxygens (including phenoxy) is 1. The van der Waals surface area contributed by atoms with Crippen molar-refractivity contribution in [2.24, 2.45) is 5.92 Å². The van der Waals surface area contributed by atoms with Crippen molar-refractivity contribution >= 4 is 17.8 Å². The molecule has 0 aromatic carbocycles. The van der Waals surface area contributed by atoms with E-state index in [1.54, 1.807) is 7.11 Å². The highest BCUT2D eigenvalue weighted by atomic mass is 16.5. The van der Waals surface area contributed by atoms with E-state index in [0.29, 0.717) is 38.3 Å². The predicted octanol–water partition coefficient (Wildman–Crippen LogP) is 0.640. The minimum Gasteiger partial charge on any atom is -0.385 e. The molecule has 0 aromatic heterocycles. The normalized spacial score (nSPS) is 28.1. The molecule has 2 N–H and O–H groups in total. The summed E-state index contributed by atoms with van der Waals surface area (Å²) in [6.45, 7) is 2.97. The van der Waals surface area contributed by atoms with Crippen LogP contribution in [0.25, 0.3) is 0 Å². The number of rotatable bonds is 6. The third-order valence-corrected chi connectivity index (χ3v) is 4.52. The Bertz CT molecular complexity index is 444. The van der Waals surface area contributed by atoms with E-state index < -0.39 is 11.6 Å². The van der Waals surface area contributed by atoms with Crippen molar-refractivity contribution in [2.45, 2.75) is 44.6 Å². The van der Waals surface area contributed by atoms with Gasteiger partial charge in [0.1, 0.15) is 12.1 Å². The molecule has 1 aliphatic carbocycles. The standard InChI is InChI=1S/C15H25N3O4/c1-11-4-6-15(7-5-11)13(20)18(14(21)17-15)10-12(19)16-8-3-9-22-2/h11H,3-10H2,1-2H3,(H,16,19)(H,17,21). The van der Waals surface area contributed by atoms with E-state index in [-0.39, 0.29) is 18.4 Å². The zero-order valence-corrected chi connectivity index (χ0v) is 13.3. The van der Waals surface area contributed by atoms with Crippen LogP contribution in [0.5, 0.6) is 0 Å². The lowest BCUT2D eigenvalue weighted by molar-refractivity contribution is -0.136. The van der Waals surface area contributed by atoms with Crippen LogP contribution in [0.2, 0.25) is 0 Å². The third kappa shape index (κ3) is 3.58. The monoisotopic (exact) mass is 311 g/mol. The number of carbonyl (C=O) groups excluding carboxylic acids is 3. The number of nitrogens with one attached hydrogen (secondary N) is 2. The highest BCUT2D eigenvalue weighted by molar-refractivity contribution is 6.09. The molecular weight excluding hydrogens is 286 g/mol. The van der Waals surface area contributed by atoms with Crippen LogP contribution in [0.4, 0.5) is 4.79 Å². The van der Waals surface area contributed by atoms with Gasteiger partial charge in [0.2, 0.25) is 5.91 Å². The maximum absolute atomic E-state index is 12.6. The molecule has 0 aromatic rings. The Morgan fingerprint density at radius 3 is 2.73 bits per heavy atom. The second-order valence-corrected chi connectivity index (χ2v) is 6.28. The fourth-order valence-electron chi connectivity index (χ4n) is 3.06. The van der Waals surface area contributed by atoms with Gasteiger partial charge in [-0.25, -0.2) is 4.79 Å². The minimum absolute atomic E-state index is 0.213. The molecule has 1 aliphatic heterocycles. The maximum Gasteiger partial charge on any atom is 0.325 e. The van der Waals surface area contributed by atoms with E-state index in [4.69, 9.17) is 4.74 Å². The van der Waals surface area contributed by atoms with Gasteiger partial charge in [-0.15, -0.1) is 0 Å². The van der Waals surface area contributed by atoms with Crippen LogP contribution in [0, 0.1) is 5.92 Å². The number of hydrogen-bond donors (Lipinski definition) is 2. The molecule has 7 heteroatoms. The summed E-state index contributed by atoms with van der Waals surface area (Å²) in [6.07, 6.45) is 3.85. The van der Waals surface area contributed by atoms with Gasteiger partial charge in [0.25, 0.3) is 5.91 Å². The van der Waals surface area contributed by atoms with E-state index >= 15 is 0 Å². The Kier molecular flexibility index (Phi) is 5.39. The van der Waals surface area contributed by atoms with Crippen LogP contribution in [-0.2, 0) is 14.3 Å². The molecule has 22 heavy (non-hydrogen) atoms. The molecule has 1 saturated carbocycles. The summed E-state index contributed by atoms with van der Waals surface area (Å²) in [5, 5.41) is 5.50. The van der Waals surface area contributed by atoms with Gasteiger partial charge in [-0.3, -0.25) is 14.5 Å². The Morgan fingerprint density at radius 1 is 1.41 bits per heavy atom. The lowest BCUT2D eigenvalue weighted by Gasteiger charge is -2.33. The molecule has 1 spiro atoms. The molecule has 2 fully saturated rings. The van der Waals surface area contributed by atoms with Gasteiger partial charge in [-0.1, -0.05) is 6.92 Å². The van der Waals surface area contributed by atoms with Crippen LogP contribution in [-0.4, -0.2) is 55.1 Å². The van der Waals surface area contributed by atoms with Gasteiger partial charge in [-0.2, -0.15) is 0 Å².